The predicted molar refractivity (Wildman–Crippen MR) is 131 cm³/mol. The third-order valence-electron chi connectivity index (χ3n) is 10.7. The van der Waals surface area contributed by atoms with Crippen LogP contribution in [-0.2, 0) is 23.2 Å². The van der Waals surface area contributed by atoms with Crippen LogP contribution in [0.2, 0.25) is 0 Å². The van der Waals surface area contributed by atoms with E-state index in [1.165, 1.54) is 51.4 Å². The van der Waals surface area contributed by atoms with Crippen LogP contribution in [-0.4, -0.2) is 0 Å². The largest absolute Gasteiger partial charge is 1.00 e. The molecule has 0 N–H and O–H groups in total. The fourth-order valence-corrected chi connectivity index (χ4v) is 13.5. The normalized spacial score (nSPS) is 32.1. The Balaban J connectivity index is 0.00000193. The third kappa shape index (κ3) is 4.21. The van der Waals surface area contributed by atoms with Gasteiger partial charge in [0.05, 0.1) is 0 Å². The first-order chi connectivity index (χ1) is 14.5. The molecule has 0 heterocycles. The molecule has 184 valence electrons. The van der Waals surface area contributed by atoms with Gasteiger partial charge in [0.1, 0.15) is 0 Å². The Morgan fingerprint density at radius 3 is 1.21 bits per heavy atom. The number of allylic oxidation sites excluding steroid dienone is 8. The quantitative estimate of drug-likeness (QED) is 0.462. The summed E-state index contributed by atoms with van der Waals surface area (Å²) >= 11 is -0.887. The van der Waals surface area contributed by atoms with Crippen molar-refractivity contribution in [1.82, 2.24) is 0 Å². The smallest absolute Gasteiger partial charge is 1.00 e. The number of hydrogen-bond acceptors (Lipinski definition) is 0. The van der Waals surface area contributed by atoms with E-state index in [1.807, 2.05) is 6.56 Å². The maximum atomic E-state index is 2.66. The molecule has 0 aromatic rings. The predicted octanol–water partition coefficient (Wildman–Crippen LogP) is 3.21. The maximum absolute atomic E-state index is 2.66. The zero-order chi connectivity index (χ0) is 22.7. The van der Waals surface area contributed by atoms with Crippen molar-refractivity contribution < 1.29 is 48.0 Å². The SMILES string of the molecule is CC1=[C]([Zr+2][C]2=C(C)C=CC2(C)C2(C(C)C)CCCC2)C(C)(C2(C(C)C)CCCC2)C=C1.[Cl-].[Cl-]. The zero-order valence-corrected chi connectivity index (χ0v) is 26.3. The van der Waals surface area contributed by atoms with Crippen molar-refractivity contribution in [1.29, 1.82) is 0 Å². The van der Waals surface area contributed by atoms with E-state index in [0.29, 0.717) is 10.8 Å². The first kappa shape index (κ1) is 29.7. The van der Waals surface area contributed by atoms with E-state index in [1.54, 1.807) is 11.1 Å². The molecular formula is C30H46Cl2Zr. The molecule has 2 fully saturated rings. The Labute approximate surface area is 229 Å². The molecular weight excluding hydrogens is 522 g/mol. The molecule has 0 aliphatic heterocycles. The molecule has 0 bridgehead atoms. The van der Waals surface area contributed by atoms with E-state index in [4.69, 9.17) is 0 Å². The first-order valence-electron chi connectivity index (χ1n) is 13.1. The molecule has 0 aromatic carbocycles. The molecule has 33 heavy (non-hydrogen) atoms. The van der Waals surface area contributed by atoms with Crippen molar-refractivity contribution in [3.8, 4) is 0 Å². The van der Waals surface area contributed by atoms with E-state index in [2.05, 4.69) is 79.7 Å². The van der Waals surface area contributed by atoms with Crippen molar-refractivity contribution >= 4 is 0 Å². The fourth-order valence-electron chi connectivity index (χ4n) is 8.55. The Hall–Kier alpha value is 0.423. The number of halogens is 2. The molecule has 2 atom stereocenters. The third-order valence-corrected chi connectivity index (χ3v) is 16.4. The molecule has 0 amide bonds. The first-order valence-corrected chi connectivity index (χ1v) is 15.6. The van der Waals surface area contributed by atoms with E-state index < -0.39 is 23.2 Å². The minimum Gasteiger partial charge on any atom is -1.00 e. The van der Waals surface area contributed by atoms with Gasteiger partial charge in [0.2, 0.25) is 0 Å². The second-order valence-corrected chi connectivity index (χ2v) is 15.4. The van der Waals surface area contributed by atoms with Gasteiger partial charge in [-0.2, -0.15) is 0 Å². The van der Waals surface area contributed by atoms with Gasteiger partial charge in [-0.05, 0) is 0 Å². The molecule has 0 radical (unpaired) electrons. The van der Waals surface area contributed by atoms with Gasteiger partial charge in [0, 0.05) is 0 Å². The topological polar surface area (TPSA) is 0 Å². The Morgan fingerprint density at radius 1 is 0.636 bits per heavy atom. The molecule has 0 aromatic heterocycles. The summed E-state index contributed by atoms with van der Waals surface area (Å²) in [6, 6.07) is 0. The van der Waals surface area contributed by atoms with Gasteiger partial charge in [-0.25, -0.2) is 0 Å². The van der Waals surface area contributed by atoms with Crippen LogP contribution in [0.3, 0.4) is 0 Å². The van der Waals surface area contributed by atoms with Crippen LogP contribution in [0.5, 0.6) is 0 Å². The van der Waals surface area contributed by atoms with Crippen molar-refractivity contribution in [3.63, 3.8) is 0 Å². The van der Waals surface area contributed by atoms with Crippen LogP contribution < -0.4 is 24.8 Å². The maximum Gasteiger partial charge on any atom is -1.00 e. The van der Waals surface area contributed by atoms with Crippen molar-refractivity contribution in [2.45, 2.75) is 107 Å². The van der Waals surface area contributed by atoms with Crippen molar-refractivity contribution in [2.24, 2.45) is 33.5 Å². The van der Waals surface area contributed by atoms with E-state index in [9.17, 15) is 0 Å². The van der Waals surface area contributed by atoms with Gasteiger partial charge in [-0.1, -0.05) is 0 Å². The van der Waals surface area contributed by atoms with Crippen LogP contribution in [0.1, 0.15) is 107 Å². The molecule has 4 aliphatic rings. The summed E-state index contributed by atoms with van der Waals surface area (Å²) in [6.07, 6.45) is 21.7. The summed E-state index contributed by atoms with van der Waals surface area (Å²) in [5, 5.41) is 0. The fraction of sp³-hybridized carbons (Fsp3) is 0.733. The van der Waals surface area contributed by atoms with Crippen LogP contribution in [0.4, 0.5) is 0 Å². The van der Waals surface area contributed by atoms with Gasteiger partial charge < -0.3 is 24.8 Å². The molecule has 0 saturated heterocycles. The molecule has 4 rings (SSSR count). The molecule has 4 aliphatic carbocycles. The van der Waals surface area contributed by atoms with Crippen LogP contribution in [0, 0.1) is 33.5 Å². The van der Waals surface area contributed by atoms with E-state index >= 15 is 0 Å². The standard InChI is InChI=1S/2C15H23.2ClH.Zr/c2*1-12(2)15(8-5-6-9-15)14(4)10-7-13(3)11-14;;;/h2*7,10,12H,5-6,8-9H2,1-4H3;2*1H;/q;;;;+2/p-2. The minimum absolute atomic E-state index is 0. The number of hydrogen-bond donors (Lipinski definition) is 0. The van der Waals surface area contributed by atoms with Crippen LogP contribution in [0.25, 0.3) is 0 Å². The monoisotopic (exact) mass is 566 g/mol. The second-order valence-electron chi connectivity index (χ2n) is 12.3. The summed E-state index contributed by atoms with van der Waals surface area (Å²) in [6.45, 7) is 20.2. The Kier molecular flexibility index (Phi) is 9.37. The van der Waals surface area contributed by atoms with Gasteiger partial charge in [-0.3, -0.25) is 0 Å². The molecule has 3 heteroatoms. The average molecular weight is 569 g/mol. The summed E-state index contributed by atoms with van der Waals surface area (Å²) in [5.74, 6) is 1.51. The molecule has 2 saturated carbocycles. The minimum atomic E-state index is -0.887. The summed E-state index contributed by atoms with van der Waals surface area (Å²) in [7, 11) is 0. The van der Waals surface area contributed by atoms with Gasteiger partial charge >= 0.3 is 205 Å². The van der Waals surface area contributed by atoms with Crippen molar-refractivity contribution in [3.05, 3.63) is 42.0 Å². The summed E-state index contributed by atoms with van der Waals surface area (Å²) < 4.78 is 3.82. The Bertz CT molecular complexity index is 777. The van der Waals surface area contributed by atoms with Gasteiger partial charge in [-0.15, -0.1) is 0 Å². The van der Waals surface area contributed by atoms with Crippen LogP contribution >= 0.6 is 0 Å². The van der Waals surface area contributed by atoms with Crippen LogP contribution in [0.15, 0.2) is 42.0 Å². The molecule has 0 spiro atoms. The van der Waals surface area contributed by atoms with Gasteiger partial charge in [0.15, 0.2) is 0 Å². The van der Waals surface area contributed by atoms with E-state index in [0.717, 1.165) is 11.8 Å². The van der Waals surface area contributed by atoms with Gasteiger partial charge in [0.25, 0.3) is 0 Å². The van der Waals surface area contributed by atoms with Crippen molar-refractivity contribution in [2.75, 3.05) is 0 Å². The molecule has 0 nitrogen and oxygen atoms in total. The second kappa shape index (κ2) is 10.4. The van der Waals surface area contributed by atoms with E-state index in [-0.39, 0.29) is 35.6 Å². The average Bonchev–Trinajstić information content (AvgIpc) is 3.49. The number of rotatable bonds is 6. The zero-order valence-electron chi connectivity index (χ0n) is 22.4. The summed E-state index contributed by atoms with van der Waals surface area (Å²) in [4.78, 5) is 0. The Morgan fingerprint density at radius 2 is 0.939 bits per heavy atom. The summed E-state index contributed by atoms with van der Waals surface area (Å²) in [5.41, 5.74) is 4.76. The molecule has 2 unspecified atom stereocenters.